The van der Waals surface area contributed by atoms with Crippen LogP contribution in [0.4, 0.5) is 10.2 Å². The summed E-state index contributed by atoms with van der Waals surface area (Å²) in [5, 5.41) is 13.7. The highest BCUT2D eigenvalue weighted by Gasteiger charge is 2.43. The molecule has 0 radical (unpaired) electrons. The van der Waals surface area contributed by atoms with Gasteiger partial charge < -0.3 is 10.4 Å². The van der Waals surface area contributed by atoms with E-state index in [-0.39, 0.29) is 12.3 Å². The van der Waals surface area contributed by atoms with Crippen LogP contribution in [0.1, 0.15) is 44.9 Å². The molecule has 1 aliphatic rings. The highest BCUT2D eigenvalue weighted by Crippen LogP contribution is 2.34. The third kappa shape index (κ3) is 4.10. The zero-order chi connectivity index (χ0) is 21.5. The summed E-state index contributed by atoms with van der Waals surface area (Å²) < 4.78 is 21.1. The summed E-state index contributed by atoms with van der Waals surface area (Å²) in [5.74, 6) is -0.583. The van der Waals surface area contributed by atoms with E-state index in [4.69, 9.17) is 1.37 Å². The normalized spacial score (nSPS) is 20.8. The quantitative estimate of drug-likeness (QED) is 0.655. The van der Waals surface area contributed by atoms with Crippen LogP contribution in [0.25, 0.3) is 22.0 Å². The molecular formula is C22H23FN4O2. The fraction of sp³-hybridized carbons (Fsp3) is 0.364. The van der Waals surface area contributed by atoms with Crippen molar-refractivity contribution in [2.75, 3.05) is 5.32 Å². The molecule has 7 heteroatoms. The van der Waals surface area contributed by atoms with Gasteiger partial charge in [0.2, 0.25) is 5.91 Å². The number of amides is 1. The lowest BCUT2D eigenvalue weighted by Gasteiger charge is -2.12. The topological polar surface area (TPSA) is 88.0 Å². The van der Waals surface area contributed by atoms with Crippen molar-refractivity contribution in [1.82, 2.24) is 15.0 Å². The fourth-order valence-corrected chi connectivity index (χ4v) is 3.27. The average Bonchev–Trinajstić information content (AvgIpc) is 3.44. The first-order valence-electron chi connectivity index (χ1n) is 10.2. The first-order valence-corrected chi connectivity index (χ1v) is 9.69. The first-order chi connectivity index (χ1) is 14.3. The molecule has 0 aliphatic heterocycles. The first kappa shape index (κ1) is 18.1. The Balaban J connectivity index is 1.59. The van der Waals surface area contributed by atoms with E-state index < -0.39 is 18.2 Å². The Morgan fingerprint density at radius 1 is 1.31 bits per heavy atom. The van der Waals surface area contributed by atoms with Gasteiger partial charge in [-0.3, -0.25) is 14.8 Å². The van der Waals surface area contributed by atoms with E-state index in [1.807, 2.05) is 19.9 Å². The molecule has 3 aromatic heterocycles. The van der Waals surface area contributed by atoms with Crippen molar-refractivity contribution in [2.24, 2.45) is 5.92 Å². The molecule has 3 aromatic rings. The van der Waals surface area contributed by atoms with Crippen LogP contribution >= 0.6 is 0 Å². The largest absolute Gasteiger partial charge is 0.387 e. The minimum Gasteiger partial charge on any atom is -0.387 e. The lowest BCUT2D eigenvalue weighted by Crippen LogP contribution is -2.15. The van der Waals surface area contributed by atoms with E-state index in [9.17, 15) is 14.3 Å². The van der Waals surface area contributed by atoms with Gasteiger partial charge in [-0.15, -0.1) is 0 Å². The van der Waals surface area contributed by atoms with Crippen molar-refractivity contribution in [2.45, 2.75) is 45.4 Å². The van der Waals surface area contributed by atoms with Crippen molar-refractivity contribution in [3.63, 3.8) is 0 Å². The summed E-state index contributed by atoms with van der Waals surface area (Å²) in [7, 11) is 0. The molecule has 29 heavy (non-hydrogen) atoms. The number of halogens is 1. The number of nitrogens with zero attached hydrogens (tertiary/aromatic N) is 3. The van der Waals surface area contributed by atoms with E-state index >= 15 is 0 Å². The van der Waals surface area contributed by atoms with Crippen LogP contribution in [-0.4, -0.2) is 32.1 Å². The number of rotatable bonds is 6. The summed E-state index contributed by atoms with van der Waals surface area (Å²) >= 11 is 0. The predicted octanol–water partition coefficient (Wildman–Crippen LogP) is 4.13. The lowest BCUT2D eigenvalue weighted by molar-refractivity contribution is -0.117. The molecule has 1 fully saturated rings. The second kappa shape index (κ2) is 7.83. The number of aryl methyl sites for hydroxylation is 1. The SMILES string of the molecule is [2H][C@](O)(CCC)c1cc(C)c(-c2cnc3cc(NC(=O)[C@@H]4C[C@@H]4F)ncc3c2)cn1. The molecule has 0 aromatic carbocycles. The Hall–Kier alpha value is -2.93. The molecule has 3 atom stereocenters. The summed E-state index contributed by atoms with van der Waals surface area (Å²) in [6, 6.07) is 5.31. The highest BCUT2D eigenvalue weighted by atomic mass is 19.1. The lowest BCUT2D eigenvalue weighted by atomic mass is 10.0. The third-order valence-corrected chi connectivity index (χ3v) is 5.07. The Kier molecular flexibility index (Phi) is 4.89. The van der Waals surface area contributed by atoms with Crippen LogP contribution in [0.15, 0.2) is 36.8 Å². The minimum atomic E-state index is -1.70. The zero-order valence-electron chi connectivity index (χ0n) is 17.3. The summed E-state index contributed by atoms with van der Waals surface area (Å²) in [4.78, 5) is 24.9. The second-order valence-electron chi connectivity index (χ2n) is 7.41. The van der Waals surface area contributed by atoms with Gasteiger partial charge in [0, 0.05) is 41.2 Å². The van der Waals surface area contributed by atoms with Gasteiger partial charge in [0.25, 0.3) is 0 Å². The number of anilines is 1. The van der Waals surface area contributed by atoms with Gasteiger partial charge in [-0.1, -0.05) is 13.3 Å². The second-order valence-corrected chi connectivity index (χ2v) is 7.41. The Morgan fingerprint density at radius 2 is 2.10 bits per heavy atom. The maximum absolute atomic E-state index is 13.0. The number of fused-ring (bicyclic) bond motifs is 1. The molecule has 1 aliphatic carbocycles. The van der Waals surface area contributed by atoms with E-state index in [0.29, 0.717) is 29.9 Å². The van der Waals surface area contributed by atoms with E-state index in [1.165, 1.54) is 0 Å². The van der Waals surface area contributed by atoms with Gasteiger partial charge in [0.15, 0.2) is 0 Å². The minimum absolute atomic E-state index is 0.267. The molecule has 6 nitrogen and oxygen atoms in total. The maximum atomic E-state index is 13.0. The number of alkyl halides is 1. The third-order valence-electron chi connectivity index (χ3n) is 5.07. The monoisotopic (exact) mass is 395 g/mol. The number of hydrogen-bond donors (Lipinski definition) is 2. The molecule has 0 unspecified atom stereocenters. The van der Waals surface area contributed by atoms with E-state index in [0.717, 1.165) is 22.1 Å². The van der Waals surface area contributed by atoms with Gasteiger partial charge in [-0.05, 0) is 37.5 Å². The number of pyridine rings is 3. The van der Waals surface area contributed by atoms with Crippen LogP contribution in [0.2, 0.25) is 0 Å². The molecule has 4 rings (SSSR count). The number of hydrogen-bond acceptors (Lipinski definition) is 5. The smallest absolute Gasteiger partial charge is 0.231 e. The molecule has 2 N–H and O–H groups in total. The zero-order valence-corrected chi connectivity index (χ0v) is 16.3. The molecule has 0 bridgehead atoms. The number of aromatic nitrogens is 3. The molecule has 0 saturated heterocycles. The van der Waals surface area contributed by atoms with Crippen LogP contribution < -0.4 is 5.32 Å². The number of nitrogens with one attached hydrogen (secondary N) is 1. The van der Waals surface area contributed by atoms with Crippen LogP contribution in [-0.2, 0) is 4.79 Å². The molecule has 1 amide bonds. The average molecular weight is 395 g/mol. The van der Waals surface area contributed by atoms with E-state index in [1.54, 1.807) is 30.7 Å². The van der Waals surface area contributed by atoms with Crippen molar-refractivity contribution in [1.29, 1.82) is 0 Å². The van der Waals surface area contributed by atoms with E-state index in [2.05, 4.69) is 20.3 Å². The van der Waals surface area contributed by atoms with Gasteiger partial charge in [0.05, 0.1) is 24.6 Å². The fourth-order valence-electron chi connectivity index (χ4n) is 3.27. The Morgan fingerprint density at radius 3 is 2.79 bits per heavy atom. The maximum Gasteiger partial charge on any atom is 0.231 e. The molecule has 3 heterocycles. The Bertz CT molecular complexity index is 1120. The van der Waals surface area contributed by atoms with Crippen LogP contribution in [0, 0.1) is 12.8 Å². The van der Waals surface area contributed by atoms with Gasteiger partial charge in [-0.2, -0.15) is 0 Å². The number of carbonyl (C=O) groups is 1. The van der Waals surface area contributed by atoms with Gasteiger partial charge >= 0.3 is 0 Å². The van der Waals surface area contributed by atoms with Crippen LogP contribution in [0.3, 0.4) is 0 Å². The van der Waals surface area contributed by atoms with Crippen molar-refractivity contribution in [3.05, 3.63) is 48.0 Å². The molecule has 150 valence electrons. The standard InChI is InChI=1S/C22H23FN4O2/c1-3-4-20(28)19-5-12(2)16(11-25-19)13-6-14-10-26-21(8-18(14)24-9-13)27-22(29)15-7-17(15)23/h5-6,8-11,15,17,20,28H,3-4,7H2,1-2H3,(H,26,27,29)/t15-,17+,20+/m1/s1/i20D. The summed E-state index contributed by atoms with van der Waals surface area (Å²) in [6.07, 6.45) is 3.47. The molecular weight excluding hydrogens is 371 g/mol. The highest BCUT2D eigenvalue weighted by molar-refractivity contribution is 5.95. The van der Waals surface area contributed by atoms with Gasteiger partial charge in [0.1, 0.15) is 12.0 Å². The number of carbonyl (C=O) groups excluding carboxylic acids is 1. The van der Waals surface area contributed by atoms with Crippen molar-refractivity contribution < 1.29 is 15.7 Å². The van der Waals surface area contributed by atoms with Crippen molar-refractivity contribution >= 4 is 22.6 Å². The predicted molar refractivity (Wildman–Crippen MR) is 109 cm³/mol. The summed E-state index contributed by atoms with van der Waals surface area (Å²) in [5.41, 5.74) is 3.54. The van der Waals surface area contributed by atoms with Crippen LogP contribution in [0.5, 0.6) is 0 Å². The Labute approximate surface area is 169 Å². The van der Waals surface area contributed by atoms with Gasteiger partial charge in [-0.25, -0.2) is 9.37 Å². The molecule has 1 saturated carbocycles. The number of aliphatic hydroxyl groups is 1. The summed E-state index contributed by atoms with van der Waals surface area (Å²) in [6.45, 7) is 3.82. The van der Waals surface area contributed by atoms with Crippen molar-refractivity contribution in [3.8, 4) is 11.1 Å². The molecule has 0 spiro atoms.